The quantitative estimate of drug-likeness (QED) is 0.753. The standard InChI is InChI=1S/C12H15ClN2O/c1-6-3-4-8(13)11-10(9(14)5-16)7(2)15-12(6)11/h3-4,9,15-16H,5,14H2,1-2H3. The summed E-state index contributed by atoms with van der Waals surface area (Å²) < 4.78 is 0. The molecular formula is C12H15ClN2O. The van der Waals surface area contributed by atoms with E-state index in [0.717, 1.165) is 27.7 Å². The number of hydrogen-bond acceptors (Lipinski definition) is 2. The molecule has 0 radical (unpaired) electrons. The van der Waals surface area contributed by atoms with Gasteiger partial charge in [-0.05, 0) is 25.5 Å². The van der Waals surface area contributed by atoms with E-state index in [1.807, 2.05) is 26.0 Å². The van der Waals surface area contributed by atoms with Crippen LogP contribution in [0.5, 0.6) is 0 Å². The van der Waals surface area contributed by atoms with Gasteiger partial charge >= 0.3 is 0 Å². The molecule has 0 saturated carbocycles. The van der Waals surface area contributed by atoms with Crippen LogP contribution in [-0.4, -0.2) is 16.7 Å². The average molecular weight is 239 g/mol. The minimum atomic E-state index is -0.395. The third kappa shape index (κ3) is 1.61. The maximum atomic E-state index is 9.17. The number of nitrogens with two attached hydrogens (primary N) is 1. The Labute approximate surface area is 99.2 Å². The predicted molar refractivity (Wildman–Crippen MR) is 66.8 cm³/mol. The van der Waals surface area contributed by atoms with Crippen molar-refractivity contribution in [2.75, 3.05) is 6.61 Å². The average Bonchev–Trinajstić information content (AvgIpc) is 2.61. The molecule has 1 aromatic carbocycles. The summed E-state index contributed by atoms with van der Waals surface area (Å²) in [7, 11) is 0. The highest BCUT2D eigenvalue weighted by Gasteiger charge is 2.17. The fraction of sp³-hybridized carbons (Fsp3) is 0.333. The van der Waals surface area contributed by atoms with Crippen molar-refractivity contribution in [1.29, 1.82) is 0 Å². The molecule has 0 amide bonds. The first kappa shape index (κ1) is 11.5. The van der Waals surface area contributed by atoms with Gasteiger partial charge < -0.3 is 15.8 Å². The molecule has 1 heterocycles. The van der Waals surface area contributed by atoms with Gasteiger partial charge in [0.2, 0.25) is 0 Å². The van der Waals surface area contributed by atoms with Crippen LogP contribution in [-0.2, 0) is 0 Å². The van der Waals surface area contributed by atoms with E-state index < -0.39 is 6.04 Å². The zero-order valence-corrected chi connectivity index (χ0v) is 10.1. The topological polar surface area (TPSA) is 62.0 Å². The Morgan fingerprint density at radius 2 is 2.12 bits per heavy atom. The van der Waals surface area contributed by atoms with E-state index in [0.29, 0.717) is 5.02 Å². The second kappa shape index (κ2) is 4.09. The van der Waals surface area contributed by atoms with Gasteiger partial charge in [0.25, 0.3) is 0 Å². The van der Waals surface area contributed by atoms with E-state index >= 15 is 0 Å². The minimum Gasteiger partial charge on any atom is -0.394 e. The van der Waals surface area contributed by atoms with Crippen molar-refractivity contribution in [3.8, 4) is 0 Å². The van der Waals surface area contributed by atoms with Crippen LogP contribution in [0.3, 0.4) is 0 Å². The van der Waals surface area contributed by atoms with Gasteiger partial charge in [-0.2, -0.15) is 0 Å². The van der Waals surface area contributed by atoms with Gasteiger partial charge in [-0.3, -0.25) is 0 Å². The van der Waals surface area contributed by atoms with Gasteiger partial charge in [0.15, 0.2) is 0 Å². The number of fused-ring (bicyclic) bond motifs is 1. The fourth-order valence-corrected chi connectivity index (χ4v) is 2.36. The second-order valence-electron chi connectivity index (χ2n) is 4.07. The molecule has 1 atom stereocenters. The largest absolute Gasteiger partial charge is 0.394 e. The number of halogens is 1. The van der Waals surface area contributed by atoms with Crippen LogP contribution in [0.25, 0.3) is 10.9 Å². The van der Waals surface area contributed by atoms with Gasteiger partial charge in [0, 0.05) is 16.6 Å². The first-order valence-corrected chi connectivity index (χ1v) is 5.57. The van der Waals surface area contributed by atoms with Crippen LogP contribution < -0.4 is 5.73 Å². The van der Waals surface area contributed by atoms with Gasteiger partial charge in [0.05, 0.1) is 23.2 Å². The van der Waals surface area contributed by atoms with Crippen molar-refractivity contribution >= 4 is 22.5 Å². The summed E-state index contributed by atoms with van der Waals surface area (Å²) in [5.74, 6) is 0. The first-order valence-electron chi connectivity index (χ1n) is 5.20. The maximum absolute atomic E-state index is 9.17. The number of aliphatic hydroxyl groups is 1. The molecule has 86 valence electrons. The molecule has 0 spiro atoms. The Kier molecular flexibility index (Phi) is 2.93. The highest BCUT2D eigenvalue weighted by atomic mass is 35.5. The minimum absolute atomic E-state index is 0.0853. The number of nitrogens with one attached hydrogen (secondary N) is 1. The van der Waals surface area contributed by atoms with Gasteiger partial charge in [-0.15, -0.1) is 0 Å². The van der Waals surface area contributed by atoms with E-state index in [2.05, 4.69) is 4.98 Å². The number of aromatic nitrogens is 1. The summed E-state index contributed by atoms with van der Waals surface area (Å²) in [5, 5.41) is 10.8. The van der Waals surface area contributed by atoms with Crippen LogP contribution in [0.15, 0.2) is 12.1 Å². The zero-order chi connectivity index (χ0) is 11.9. The van der Waals surface area contributed by atoms with Crippen molar-refractivity contribution in [3.05, 3.63) is 34.0 Å². The Bertz CT molecular complexity index is 533. The van der Waals surface area contributed by atoms with E-state index in [-0.39, 0.29) is 6.61 Å². The molecule has 0 aliphatic heterocycles. The highest BCUT2D eigenvalue weighted by molar-refractivity contribution is 6.36. The van der Waals surface area contributed by atoms with E-state index in [1.54, 1.807) is 0 Å². The Morgan fingerprint density at radius 3 is 2.75 bits per heavy atom. The summed E-state index contributed by atoms with van der Waals surface area (Å²) in [4.78, 5) is 3.28. The molecule has 4 heteroatoms. The third-order valence-corrected chi connectivity index (χ3v) is 3.23. The zero-order valence-electron chi connectivity index (χ0n) is 9.34. The molecule has 3 nitrogen and oxygen atoms in total. The SMILES string of the molecule is Cc1[nH]c2c(C)ccc(Cl)c2c1C(N)CO. The monoisotopic (exact) mass is 238 g/mol. The Hall–Kier alpha value is -1.03. The van der Waals surface area contributed by atoms with Crippen molar-refractivity contribution in [3.63, 3.8) is 0 Å². The molecule has 0 fully saturated rings. The normalized spacial score (nSPS) is 13.3. The molecule has 1 unspecified atom stereocenters. The van der Waals surface area contributed by atoms with Crippen LogP contribution in [0.1, 0.15) is 22.9 Å². The van der Waals surface area contributed by atoms with Crippen molar-refractivity contribution in [2.24, 2.45) is 5.73 Å². The Balaban J connectivity index is 2.83. The van der Waals surface area contributed by atoms with Crippen LogP contribution in [0.2, 0.25) is 5.02 Å². The molecule has 0 aliphatic rings. The lowest BCUT2D eigenvalue weighted by molar-refractivity contribution is 0.268. The molecule has 16 heavy (non-hydrogen) atoms. The number of aryl methyl sites for hydroxylation is 2. The molecular weight excluding hydrogens is 224 g/mol. The molecule has 2 aromatic rings. The van der Waals surface area contributed by atoms with E-state index in [1.165, 1.54) is 0 Å². The van der Waals surface area contributed by atoms with Gasteiger partial charge in [0.1, 0.15) is 0 Å². The fourth-order valence-electron chi connectivity index (χ4n) is 2.10. The smallest absolute Gasteiger partial charge is 0.0625 e. The van der Waals surface area contributed by atoms with Crippen LogP contribution in [0, 0.1) is 13.8 Å². The lowest BCUT2D eigenvalue weighted by atomic mass is 10.0. The van der Waals surface area contributed by atoms with Crippen LogP contribution >= 0.6 is 11.6 Å². The summed E-state index contributed by atoms with van der Waals surface area (Å²) >= 11 is 6.19. The number of aromatic amines is 1. The number of rotatable bonds is 2. The van der Waals surface area contributed by atoms with Gasteiger partial charge in [-0.25, -0.2) is 0 Å². The molecule has 0 saturated heterocycles. The molecule has 0 bridgehead atoms. The summed E-state index contributed by atoms with van der Waals surface area (Å²) in [5.41, 5.74) is 9.90. The lowest BCUT2D eigenvalue weighted by Crippen LogP contribution is -2.15. The summed E-state index contributed by atoms with van der Waals surface area (Å²) in [6, 6.07) is 3.43. The third-order valence-electron chi connectivity index (χ3n) is 2.92. The predicted octanol–water partition coefficient (Wildman–Crippen LogP) is 2.43. The number of benzene rings is 1. The van der Waals surface area contributed by atoms with E-state index in [4.69, 9.17) is 22.4 Å². The second-order valence-corrected chi connectivity index (χ2v) is 4.47. The molecule has 4 N–H and O–H groups in total. The number of H-pyrrole nitrogens is 1. The van der Waals surface area contributed by atoms with Crippen molar-refractivity contribution < 1.29 is 5.11 Å². The number of aliphatic hydroxyl groups excluding tert-OH is 1. The van der Waals surface area contributed by atoms with Crippen LogP contribution in [0.4, 0.5) is 0 Å². The first-order chi connectivity index (χ1) is 7.56. The van der Waals surface area contributed by atoms with Gasteiger partial charge in [-0.1, -0.05) is 17.7 Å². The molecule has 0 aliphatic carbocycles. The molecule has 1 aromatic heterocycles. The van der Waals surface area contributed by atoms with Crippen molar-refractivity contribution in [2.45, 2.75) is 19.9 Å². The summed E-state index contributed by atoms with van der Waals surface area (Å²) in [6.45, 7) is 3.88. The highest BCUT2D eigenvalue weighted by Crippen LogP contribution is 2.33. The maximum Gasteiger partial charge on any atom is 0.0625 e. The summed E-state index contributed by atoms with van der Waals surface area (Å²) in [6.07, 6.45) is 0. The Morgan fingerprint density at radius 1 is 1.44 bits per heavy atom. The van der Waals surface area contributed by atoms with E-state index in [9.17, 15) is 0 Å². The lowest BCUT2D eigenvalue weighted by Gasteiger charge is -2.09. The number of hydrogen-bond donors (Lipinski definition) is 3. The van der Waals surface area contributed by atoms with Crippen molar-refractivity contribution in [1.82, 2.24) is 4.98 Å². The molecule has 2 rings (SSSR count).